The van der Waals surface area contributed by atoms with Crippen LogP contribution in [0.15, 0.2) is 41.4 Å². The molecule has 0 aromatic heterocycles. The van der Waals surface area contributed by atoms with Gasteiger partial charge in [0.15, 0.2) is 0 Å². The SMILES string of the molecule is CC1C=Nc2ccc3ccccc3c21. The lowest BCUT2D eigenvalue weighted by Crippen LogP contribution is -1.89. The lowest BCUT2D eigenvalue weighted by atomic mass is 9.96. The maximum absolute atomic E-state index is 4.41. The second-order valence-electron chi connectivity index (χ2n) is 3.79. The van der Waals surface area contributed by atoms with Gasteiger partial charge in [-0.15, -0.1) is 0 Å². The third kappa shape index (κ3) is 0.925. The monoisotopic (exact) mass is 181 g/mol. The molecule has 2 aromatic rings. The molecule has 68 valence electrons. The van der Waals surface area contributed by atoms with E-state index in [1.807, 2.05) is 6.21 Å². The molecule has 3 rings (SSSR count). The third-order valence-corrected chi connectivity index (χ3v) is 2.84. The van der Waals surface area contributed by atoms with Crippen LogP contribution in [0.5, 0.6) is 0 Å². The van der Waals surface area contributed by atoms with Crippen molar-refractivity contribution in [3.8, 4) is 0 Å². The van der Waals surface area contributed by atoms with Crippen LogP contribution in [0.2, 0.25) is 0 Å². The second kappa shape index (κ2) is 2.68. The summed E-state index contributed by atoms with van der Waals surface area (Å²) in [5.74, 6) is 0.455. The standard InChI is InChI=1S/C13H11N/c1-9-8-14-12-7-6-10-4-2-3-5-11(10)13(9)12/h2-9H,1H3. The van der Waals surface area contributed by atoms with E-state index < -0.39 is 0 Å². The molecule has 0 N–H and O–H groups in total. The highest BCUT2D eigenvalue weighted by molar-refractivity contribution is 5.96. The molecule has 2 aromatic carbocycles. The van der Waals surface area contributed by atoms with Crippen LogP contribution in [0.1, 0.15) is 18.4 Å². The lowest BCUT2D eigenvalue weighted by Gasteiger charge is -2.07. The Hall–Kier alpha value is -1.63. The van der Waals surface area contributed by atoms with Crippen molar-refractivity contribution in [2.75, 3.05) is 0 Å². The molecular formula is C13H11N. The molecule has 0 saturated heterocycles. The summed E-state index contributed by atoms with van der Waals surface area (Å²) in [5.41, 5.74) is 2.51. The number of fused-ring (bicyclic) bond motifs is 3. The van der Waals surface area contributed by atoms with Crippen LogP contribution < -0.4 is 0 Å². The molecule has 0 spiro atoms. The number of hydrogen-bond acceptors (Lipinski definition) is 1. The van der Waals surface area contributed by atoms with Gasteiger partial charge >= 0.3 is 0 Å². The normalized spacial score (nSPS) is 18.8. The van der Waals surface area contributed by atoms with Gasteiger partial charge in [0.05, 0.1) is 5.69 Å². The minimum Gasteiger partial charge on any atom is -0.260 e. The van der Waals surface area contributed by atoms with Crippen LogP contribution in [0, 0.1) is 0 Å². The summed E-state index contributed by atoms with van der Waals surface area (Å²) in [6.45, 7) is 2.20. The summed E-state index contributed by atoms with van der Waals surface area (Å²) in [6, 6.07) is 12.8. The number of benzene rings is 2. The summed E-state index contributed by atoms with van der Waals surface area (Å²) in [6.07, 6.45) is 2.02. The average molecular weight is 181 g/mol. The Bertz CT molecular complexity index is 526. The van der Waals surface area contributed by atoms with Gasteiger partial charge in [0.1, 0.15) is 0 Å². The van der Waals surface area contributed by atoms with E-state index in [4.69, 9.17) is 0 Å². The zero-order chi connectivity index (χ0) is 9.54. The number of rotatable bonds is 0. The van der Waals surface area contributed by atoms with Crippen molar-refractivity contribution >= 4 is 22.7 Å². The fourth-order valence-corrected chi connectivity index (χ4v) is 2.14. The topological polar surface area (TPSA) is 12.4 Å². The van der Waals surface area contributed by atoms with Gasteiger partial charge < -0.3 is 0 Å². The highest BCUT2D eigenvalue weighted by atomic mass is 14.8. The molecule has 1 atom stereocenters. The van der Waals surface area contributed by atoms with Gasteiger partial charge in [-0.05, 0) is 22.4 Å². The molecule has 0 amide bonds. The molecule has 1 aliphatic rings. The minimum atomic E-state index is 0.455. The van der Waals surface area contributed by atoms with Gasteiger partial charge in [0.2, 0.25) is 0 Å². The summed E-state index contributed by atoms with van der Waals surface area (Å²) < 4.78 is 0. The molecular weight excluding hydrogens is 170 g/mol. The van der Waals surface area contributed by atoms with Crippen molar-refractivity contribution in [3.63, 3.8) is 0 Å². The Kier molecular flexibility index (Phi) is 1.48. The van der Waals surface area contributed by atoms with Gasteiger partial charge in [-0.1, -0.05) is 37.3 Å². The van der Waals surface area contributed by atoms with E-state index >= 15 is 0 Å². The van der Waals surface area contributed by atoms with E-state index in [9.17, 15) is 0 Å². The van der Waals surface area contributed by atoms with Crippen LogP contribution in [0.25, 0.3) is 10.8 Å². The van der Waals surface area contributed by atoms with Gasteiger partial charge in [-0.25, -0.2) is 0 Å². The van der Waals surface area contributed by atoms with Crippen molar-refractivity contribution in [1.82, 2.24) is 0 Å². The number of aliphatic imine (C=N–C) groups is 1. The molecule has 1 aliphatic heterocycles. The van der Waals surface area contributed by atoms with Crippen LogP contribution >= 0.6 is 0 Å². The minimum absolute atomic E-state index is 0.455. The Balaban J connectivity index is 2.44. The van der Waals surface area contributed by atoms with Crippen molar-refractivity contribution in [1.29, 1.82) is 0 Å². The summed E-state index contributed by atoms with van der Waals surface area (Å²) in [4.78, 5) is 4.41. The van der Waals surface area contributed by atoms with Crippen molar-refractivity contribution in [3.05, 3.63) is 42.0 Å². The predicted molar refractivity (Wildman–Crippen MR) is 60.5 cm³/mol. The largest absolute Gasteiger partial charge is 0.260 e. The van der Waals surface area contributed by atoms with Crippen molar-refractivity contribution in [2.24, 2.45) is 4.99 Å². The predicted octanol–water partition coefficient (Wildman–Crippen LogP) is 3.66. The van der Waals surface area contributed by atoms with Gasteiger partial charge in [-0.2, -0.15) is 0 Å². The molecule has 1 unspecified atom stereocenters. The molecule has 1 nitrogen and oxygen atoms in total. The van der Waals surface area contributed by atoms with E-state index in [0.717, 1.165) is 5.69 Å². The summed E-state index contributed by atoms with van der Waals surface area (Å²) in [7, 11) is 0. The first kappa shape index (κ1) is 7.74. The fraction of sp³-hybridized carbons (Fsp3) is 0.154. The van der Waals surface area contributed by atoms with Crippen molar-refractivity contribution in [2.45, 2.75) is 12.8 Å². The molecule has 0 fully saturated rings. The van der Waals surface area contributed by atoms with Crippen LogP contribution in [0.3, 0.4) is 0 Å². The van der Waals surface area contributed by atoms with Crippen LogP contribution in [-0.4, -0.2) is 6.21 Å². The maximum Gasteiger partial charge on any atom is 0.0670 e. The number of nitrogens with zero attached hydrogens (tertiary/aromatic N) is 1. The lowest BCUT2D eigenvalue weighted by molar-refractivity contribution is 1.09. The molecule has 0 saturated carbocycles. The summed E-state index contributed by atoms with van der Waals surface area (Å²) >= 11 is 0. The first-order valence-electron chi connectivity index (χ1n) is 4.92. The smallest absolute Gasteiger partial charge is 0.0670 e. The highest BCUT2D eigenvalue weighted by Gasteiger charge is 2.16. The molecule has 14 heavy (non-hydrogen) atoms. The fourth-order valence-electron chi connectivity index (χ4n) is 2.14. The summed E-state index contributed by atoms with van der Waals surface area (Å²) in [5, 5.41) is 2.65. The Morgan fingerprint density at radius 3 is 2.86 bits per heavy atom. The zero-order valence-corrected chi connectivity index (χ0v) is 8.07. The van der Waals surface area contributed by atoms with Crippen LogP contribution in [-0.2, 0) is 0 Å². The van der Waals surface area contributed by atoms with E-state index in [1.165, 1.54) is 16.3 Å². The van der Waals surface area contributed by atoms with E-state index in [0.29, 0.717) is 5.92 Å². The first-order chi connectivity index (χ1) is 6.86. The molecule has 0 bridgehead atoms. The maximum atomic E-state index is 4.41. The molecule has 1 heteroatoms. The van der Waals surface area contributed by atoms with E-state index in [2.05, 4.69) is 48.3 Å². The van der Waals surface area contributed by atoms with Gasteiger partial charge in [0, 0.05) is 12.1 Å². The molecule has 0 aliphatic carbocycles. The quantitative estimate of drug-likeness (QED) is 0.588. The Morgan fingerprint density at radius 1 is 1.07 bits per heavy atom. The van der Waals surface area contributed by atoms with Gasteiger partial charge in [-0.3, -0.25) is 4.99 Å². The third-order valence-electron chi connectivity index (χ3n) is 2.84. The Labute approximate surface area is 83.1 Å². The second-order valence-corrected chi connectivity index (χ2v) is 3.79. The first-order valence-corrected chi connectivity index (χ1v) is 4.92. The van der Waals surface area contributed by atoms with E-state index in [1.54, 1.807) is 0 Å². The highest BCUT2D eigenvalue weighted by Crippen LogP contribution is 2.37. The zero-order valence-electron chi connectivity index (χ0n) is 8.07. The van der Waals surface area contributed by atoms with Crippen LogP contribution in [0.4, 0.5) is 5.69 Å². The van der Waals surface area contributed by atoms with E-state index in [-0.39, 0.29) is 0 Å². The van der Waals surface area contributed by atoms with Crippen molar-refractivity contribution < 1.29 is 0 Å². The average Bonchev–Trinajstić information content (AvgIpc) is 2.61. The van der Waals surface area contributed by atoms with Gasteiger partial charge in [0.25, 0.3) is 0 Å². The Morgan fingerprint density at radius 2 is 1.93 bits per heavy atom. The number of hydrogen-bond donors (Lipinski definition) is 0. The molecule has 1 heterocycles. The molecule has 0 radical (unpaired) electrons.